The zero-order valence-electron chi connectivity index (χ0n) is 14.1. The number of nitrogens with zero attached hydrogens (tertiary/aromatic N) is 2. The molecule has 7 heteroatoms. The molecule has 2 saturated heterocycles. The van der Waals surface area contributed by atoms with Crippen LogP contribution in [0.1, 0.15) is 34.1 Å². The van der Waals surface area contributed by atoms with E-state index < -0.39 is 0 Å². The summed E-state index contributed by atoms with van der Waals surface area (Å²) in [4.78, 5) is 29.2. The second-order valence-corrected chi connectivity index (χ2v) is 7.86. The predicted octanol–water partition coefficient (Wildman–Crippen LogP) is 4.20. The minimum absolute atomic E-state index is 0.0212. The second-order valence-electron chi connectivity index (χ2n) is 6.53. The Balaban J connectivity index is 1.44. The average molecular weight is 391 g/mol. The number of hydrogen-bond acceptors (Lipinski definition) is 4. The average Bonchev–Trinajstić information content (AvgIpc) is 3.27. The number of benzene rings is 1. The number of halogens is 1. The summed E-state index contributed by atoms with van der Waals surface area (Å²) in [6.45, 7) is 1.61. The van der Waals surface area contributed by atoms with Gasteiger partial charge in [0.1, 0.15) is 11.5 Å². The van der Waals surface area contributed by atoms with Crippen LogP contribution in [0, 0.1) is 0 Å². The molecule has 2 aliphatic rings. The first-order valence-corrected chi connectivity index (χ1v) is 9.93. The highest BCUT2D eigenvalue weighted by Crippen LogP contribution is 2.33. The summed E-state index contributed by atoms with van der Waals surface area (Å²) in [5, 5.41) is 2.34. The molecule has 0 saturated carbocycles. The number of hydrogen-bond donors (Lipinski definition) is 0. The molecule has 26 heavy (non-hydrogen) atoms. The third kappa shape index (κ3) is 3.19. The summed E-state index contributed by atoms with van der Waals surface area (Å²) in [5.74, 6) is -0.0212. The van der Waals surface area contributed by atoms with Gasteiger partial charge >= 0.3 is 6.09 Å². The highest BCUT2D eigenvalue weighted by molar-refractivity contribution is 7.12. The summed E-state index contributed by atoms with van der Waals surface area (Å²) < 4.78 is 5.33. The molecule has 5 nitrogen and oxygen atoms in total. The Morgan fingerprint density at radius 3 is 2.54 bits per heavy atom. The fourth-order valence-corrected chi connectivity index (χ4v) is 4.81. The number of thiophene rings is 1. The molecule has 3 heterocycles. The number of piperidine rings is 1. The van der Waals surface area contributed by atoms with E-state index in [4.69, 9.17) is 16.3 Å². The zero-order valence-corrected chi connectivity index (χ0v) is 15.7. The Morgan fingerprint density at radius 1 is 1.15 bits per heavy atom. The van der Waals surface area contributed by atoms with E-state index in [0.29, 0.717) is 29.6 Å². The third-order valence-electron chi connectivity index (χ3n) is 5.05. The first-order valence-electron chi connectivity index (χ1n) is 8.67. The van der Waals surface area contributed by atoms with Gasteiger partial charge in [-0.1, -0.05) is 41.9 Å². The molecule has 136 valence electrons. The van der Waals surface area contributed by atoms with Crippen LogP contribution in [0.4, 0.5) is 4.79 Å². The van der Waals surface area contributed by atoms with Crippen molar-refractivity contribution in [2.45, 2.75) is 24.9 Å². The molecule has 4 rings (SSSR count). The first kappa shape index (κ1) is 17.4. The molecule has 2 amide bonds. The molecule has 1 aromatic carbocycles. The van der Waals surface area contributed by atoms with Crippen molar-refractivity contribution in [3.8, 4) is 0 Å². The molecule has 1 atom stereocenters. The normalized spacial score (nSPS) is 21.1. The molecule has 0 spiro atoms. The van der Waals surface area contributed by atoms with Crippen LogP contribution >= 0.6 is 22.9 Å². The lowest BCUT2D eigenvalue weighted by atomic mass is 9.99. The lowest BCUT2D eigenvalue weighted by Gasteiger charge is -2.37. The van der Waals surface area contributed by atoms with E-state index in [0.717, 1.165) is 18.4 Å². The maximum absolute atomic E-state index is 12.6. The summed E-state index contributed by atoms with van der Waals surface area (Å²) >= 11 is 7.45. The van der Waals surface area contributed by atoms with Crippen LogP contribution in [0.25, 0.3) is 0 Å². The maximum Gasteiger partial charge on any atom is 0.410 e. The van der Waals surface area contributed by atoms with Crippen molar-refractivity contribution in [3.05, 3.63) is 57.2 Å². The standard InChI is InChI=1S/C19H19ClN2O3S/c20-15-8-11-26-17(15)18(23)21-9-6-14(7-10-21)22-16(12-25-19(22)24)13-4-2-1-3-5-13/h1-5,8,11,14,16H,6-7,9-10,12H2. The molecule has 1 unspecified atom stereocenters. The van der Waals surface area contributed by atoms with Gasteiger partial charge in [-0.15, -0.1) is 11.3 Å². The van der Waals surface area contributed by atoms with E-state index in [1.165, 1.54) is 11.3 Å². The van der Waals surface area contributed by atoms with E-state index in [-0.39, 0.29) is 24.1 Å². The Labute approximate surface area is 161 Å². The Kier molecular flexibility index (Phi) is 4.87. The van der Waals surface area contributed by atoms with Crippen LogP contribution < -0.4 is 0 Å². The largest absolute Gasteiger partial charge is 0.447 e. The van der Waals surface area contributed by atoms with Crippen molar-refractivity contribution < 1.29 is 14.3 Å². The second kappa shape index (κ2) is 7.29. The Morgan fingerprint density at radius 2 is 1.88 bits per heavy atom. The van der Waals surface area contributed by atoms with Gasteiger partial charge in [-0.3, -0.25) is 9.69 Å². The molecule has 2 aromatic rings. The molecule has 1 aromatic heterocycles. The highest BCUT2D eigenvalue weighted by Gasteiger charge is 2.40. The summed E-state index contributed by atoms with van der Waals surface area (Å²) in [7, 11) is 0. The Hall–Kier alpha value is -2.05. The van der Waals surface area contributed by atoms with Gasteiger partial charge in [-0.05, 0) is 29.9 Å². The van der Waals surface area contributed by atoms with E-state index in [1.807, 2.05) is 45.5 Å². The smallest absolute Gasteiger partial charge is 0.410 e. The van der Waals surface area contributed by atoms with Crippen molar-refractivity contribution in [3.63, 3.8) is 0 Å². The van der Waals surface area contributed by atoms with Crippen LogP contribution in [-0.4, -0.2) is 47.5 Å². The Bertz CT molecular complexity index is 802. The van der Waals surface area contributed by atoms with E-state index in [9.17, 15) is 9.59 Å². The van der Waals surface area contributed by atoms with Crippen LogP contribution in [0.2, 0.25) is 5.02 Å². The van der Waals surface area contributed by atoms with Gasteiger partial charge in [0.25, 0.3) is 5.91 Å². The third-order valence-corrected chi connectivity index (χ3v) is 6.38. The van der Waals surface area contributed by atoms with Gasteiger partial charge in [0.05, 0.1) is 11.1 Å². The topological polar surface area (TPSA) is 49.9 Å². The number of rotatable bonds is 3. The molecular formula is C19H19ClN2O3S. The fraction of sp³-hybridized carbons (Fsp3) is 0.368. The molecule has 0 N–H and O–H groups in total. The van der Waals surface area contributed by atoms with Crippen molar-refractivity contribution in [1.29, 1.82) is 0 Å². The summed E-state index contributed by atoms with van der Waals surface area (Å²) in [5.41, 5.74) is 1.09. The first-order chi connectivity index (χ1) is 12.6. The maximum atomic E-state index is 12.6. The molecule has 0 radical (unpaired) electrons. The number of carbonyl (C=O) groups is 2. The monoisotopic (exact) mass is 390 g/mol. The lowest BCUT2D eigenvalue weighted by Crippen LogP contribution is -2.47. The van der Waals surface area contributed by atoms with Crippen LogP contribution in [0.15, 0.2) is 41.8 Å². The lowest BCUT2D eigenvalue weighted by molar-refractivity contribution is 0.0641. The molecule has 2 aliphatic heterocycles. The van der Waals surface area contributed by atoms with Crippen molar-refractivity contribution in [2.24, 2.45) is 0 Å². The summed E-state index contributed by atoms with van der Waals surface area (Å²) in [6.07, 6.45) is 1.23. The van der Waals surface area contributed by atoms with Gasteiger partial charge in [-0.2, -0.15) is 0 Å². The van der Waals surface area contributed by atoms with Crippen LogP contribution in [0.3, 0.4) is 0 Å². The van der Waals surface area contributed by atoms with E-state index in [2.05, 4.69) is 0 Å². The van der Waals surface area contributed by atoms with Gasteiger partial charge in [0.2, 0.25) is 0 Å². The fourth-order valence-electron chi connectivity index (χ4n) is 3.70. The van der Waals surface area contributed by atoms with Crippen molar-refractivity contribution >= 4 is 34.9 Å². The highest BCUT2D eigenvalue weighted by atomic mass is 35.5. The minimum Gasteiger partial charge on any atom is -0.447 e. The van der Waals surface area contributed by atoms with Crippen LogP contribution in [0.5, 0.6) is 0 Å². The number of cyclic esters (lactones) is 1. The van der Waals surface area contributed by atoms with Gasteiger partial charge in [0.15, 0.2) is 0 Å². The van der Waals surface area contributed by atoms with Gasteiger partial charge in [-0.25, -0.2) is 4.79 Å². The summed E-state index contributed by atoms with van der Waals surface area (Å²) in [6, 6.07) is 11.7. The quantitative estimate of drug-likeness (QED) is 0.789. The number of amides is 2. The molecule has 0 bridgehead atoms. The van der Waals surface area contributed by atoms with E-state index >= 15 is 0 Å². The van der Waals surface area contributed by atoms with Crippen molar-refractivity contribution in [1.82, 2.24) is 9.80 Å². The molecular weight excluding hydrogens is 372 g/mol. The van der Waals surface area contributed by atoms with Crippen molar-refractivity contribution in [2.75, 3.05) is 19.7 Å². The van der Waals surface area contributed by atoms with E-state index in [1.54, 1.807) is 6.07 Å². The molecule has 0 aliphatic carbocycles. The number of carbonyl (C=O) groups excluding carboxylic acids is 2. The predicted molar refractivity (Wildman–Crippen MR) is 101 cm³/mol. The zero-order chi connectivity index (χ0) is 18.1. The SMILES string of the molecule is O=C(c1sccc1Cl)N1CCC(N2C(=O)OCC2c2ccccc2)CC1. The minimum atomic E-state index is -0.259. The number of ether oxygens (including phenoxy) is 1. The van der Waals surface area contributed by atoms with Crippen LogP contribution in [-0.2, 0) is 4.74 Å². The number of likely N-dealkylation sites (tertiary alicyclic amines) is 1. The van der Waals surface area contributed by atoms with Gasteiger partial charge < -0.3 is 9.64 Å². The molecule has 2 fully saturated rings. The van der Waals surface area contributed by atoms with Gasteiger partial charge in [0, 0.05) is 19.1 Å².